The van der Waals surface area contributed by atoms with Crippen molar-refractivity contribution in [2.45, 2.75) is 24.2 Å². The molecule has 0 aromatic carbocycles. The van der Waals surface area contributed by atoms with Gasteiger partial charge in [0.05, 0.1) is 6.42 Å². The van der Waals surface area contributed by atoms with Crippen LogP contribution >= 0.6 is 0 Å². The molecule has 1 aliphatic rings. The largest absolute Gasteiger partial charge is 0.481 e. The van der Waals surface area contributed by atoms with Crippen LogP contribution in [0.3, 0.4) is 0 Å². The summed E-state index contributed by atoms with van der Waals surface area (Å²) in [6.45, 7) is 0.789. The van der Waals surface area contributed by atoms with Crippen LogP contribution in [-0.4, -0.2) is 44.6 Å². The topological polar surface area (TPSA) is 99.6 Å². The van der Waals surface area contributed by atoms with Crippen molar-refractivity contribution in [1.29, 1.82) is 0 Å². The highest BCUT2D eigenvalue weighted by Crippen LogP contribution is 2.28. The molecule has 1 aromatic rings. The predicted octanol–water partition coefficient (Wildman–Crippen LogP) is 0.681. The second-order valence-electron chi connectivity index (χ2n) is 5.21. The van der Waals surface area contributed by atoms with Crippen LogP contribution in [-0.2, 0) is 14.8 Å². The molecule has 0 radical (unpaired) electrons. The molecule has 0 aliphatic heterocycles. The summed E-state index contributed by atoms with van der Waals surface area (Å²) in [6, 6.07) is 3.06. The number of hydrogen-bond donors (Lipinski definition) is 2. The maximum Gasteiger partial charge on any atom is 0.305 e. The number of aromatic nitrogens is 1. The molecule has 0 spiro atoms. The summed E-state index contributed by atoms with van der Waals surface area (Å²) < 4.78 is 26.6. The Bertz CT molecular complexity index is 596. The van der Waals surface area contributed by atoms with Crippen molar-refractivity contribution in [1.82, 2.24) is 9.71 Å². The van der Waals surface area contributed by atoms with Crippen molar-refractivity contribution in [3.8, 4) is 0 Å². The molecule has 1 aliphatic carbocycles. The molecule has 0 saturated heterocycles. The SMILES string of the molecule is CN(CCC(=O)O)c1ccc(S(=O)(=O)NCC2CC2)cn1. The number of carboxylic acids is 1. The predicted molar refractivity (Wildman–Crippen MR) is 77.7 cm³/mol. The van der Waals surface area contributed by atoms with E-state index in [1.165, 1.54) is 12.3 Å². The van der Waals surface area contributed by atoms with Gasteiger partial charge in [0.15, 0.2) is 0 Å². The molecular formula is C13H19N3O4S. The van der Waals surface area contributed by atoms with Crippen LogP contribution in [0.2, 0.25) is 0 Å². The fourth-order valence-corrected chi connectivity index (χ4v) is 2.83. The number of carboxylic acid groups (broad SMARTS) is 1. The van der Waals surface area contributed by atoms with Crippen molar-refractivity contribution in [2.75, 3.05) is 25.0 Å². The van der Waals surface area contributed by atoms with Gasteiger partial charge in [-0.1, -0.05) is 0 Å². The number of pyridine rings is 1. The Labute approximate surface area is 124 Å². The minimum atomic E-state index is -3.51. The van der Waals surface area contributed by atoms with Crippen LogP contribution in [0.25, 0.3) is 0 Å². The monoisotopic (exact) mass is 313 g/mol. The smallest absolute Gasteiger partial charge is 0.305 e. The quantitative estimate of drug-likeness (QED) is 0.732. The highest BCUT2D eigenvalue weighted by molar-refractivity contribution is 7.89. The lowest BCUT2D eigenvalue weighted by Crippen LogP contribution is -2.26. The summed E-state index contributed by atoms with van der Waals surface area (Å²) in [6.07, 6.45) is 3.45. The van der Waals surface area contributed by atoms with E-state index in [-0.39, 0.29) is 11.3 Å². The van der Waals surface area contributed by atoms with Gasteiger partial charge in [-0.25, -0.2) is 18.1 Å². The van der Waals surface area contributed by atoms with Crippen molar-refractivity contribution in [3.63, 3.8) is 0 Å². The van der Waals surface area contributed by atoms with Gasteiger partial charge in [-0.15, -0.1) is 0 Å². The summed E-state index contributed by atoms with van der Waals surface area (Å²) in [5.41, 5.74) is 0. The van der Waals surface area contributed by atoms with Crippen LogP contribution in [0.5, 0.6) is 0 Å². The molecule has 0 amide bonds. The third-order valence-corrected chi connectivity index (χ3v) is 4.75. The van der Waals surface area contributed by atoms with Gasteiger partial charge in [-0.2, -0.15) is 0 Å². The van der Waals surface area contributed by atoms with Crippen molar-refractivity contribution in [3.05, 3.63) is 18.3 Å². The van der Waals surface area contributed by atoms with Crippen molar-refractivity contribution < 1.29 is 18.3 Å². The lowest BCUT2D eigenvalue weighted by atomic mass is 10.4. The van der Waals surface area contributed by atoms with E-state index in [9.17, 15) is 13.2 Å². The maximum atomic E-state index is 12.0. The fourth-order valence-electron chi connectivity index (χ4n) is 1.77. The molecule has 1 saturated carbocycles. The summed E-state index contributed by atoms with van der Waals surface area (Å²) in [5.74, 6) is 0.122. The molecule has 2 rings (SSSR count). The van der Waals surface area contributed by atoms with E-state index >= 15 is 0 Å². The van der Waals surface area contributed by atoms with E-state index in [0.717, 1.165) is 12.8 Å². The maximum absolute atomic E-state index is 12.0. The third kappa shape index (κ3) is 4.68. The van der Waals surface area contributed by atoms with Gasteiger partial charge in [-0.05, 0) is 30.9 Å². The van der Waals surface area contributed by atoms with Gasteiger partial charge in [0.25, 0.3) is 0 Å². The Morgan fingerprint density at radius 2 is 2.19 bits per heavy atom. The molecule has 0 atom stereocenters. The highest BCUT2D eigenvalue weighted by Gasteiger charge is 2.24. The average Bonchev–Trinajstić information content (AvgIpc) is 3.27. The minimum absolute atomic E-state index is 0.00116. The third-order valence-electron chi connectivity index (χ3n) is 3.34. The summed E-state index contributed by atoms with van der Waals surface area (Å²) in [7, 11) is -1.80. The van der Waals surface area contributed by atoms with Crippen LogP contribution in [0.4, 0.5) is 5.82 Å². The second-order valence-corrected chi connectivity index (χ2v) is 6.98. The van der Waals surface area contributed by atoms with Crippen LogP contribution in [0.1, 0.15) is 19.3 Å². The highest BCUT2D eigenvalue weighted by atomic mass is 32.2. The first-order chi connectivity index (χ1) is 9.88. The zero-order valence-electron chi connectivity index (χ0n) is 11.8. The van der Waals surface area contributed by atoms with Gasteiger partial charge in [-0.3, -0.25) is 4.79 Å². The van der Waals surface area contributed by atoms with Gasteiger partial charge in [0.1, 0.15) is 10.7 Å². The summed E-state index contributed by atoms with van der Waals surface area (Å²) in [5, 5.41) is 8.63. The standard InChI is InChI=1S/C13H19N3O4S/c1-16(7-6-13(17)18)12-5-4-11(9-14-12)21(19,20)15-8-10-2-3-10/h4-5,9-10,15H,2-3,6-8H2,1H3,(H,17,18). The van der Waals surface area contributed by atoms with Crippen LogP contribution in [0, 0.1) is 5.92 Å². The van der Waals surface area contributed by atoms with Gasteiger partial charge >= 0.3 is 5.97 Å². The number of hydrogen-bond acceptors (Lipinski definition) is 5. The molecule has 0 unspecified atom stereocenters. The Morgan fingerprint density at radius 1 is 1.48 bits per heavy atom. The Balaban J connectivity index is 1.98. The fraction of sp³-hybridized carbons (Fsp3) is 0.538. The number of rotatable bonds is 8. The first-order valence-electron chi connectivity index (χ1n) is 6.77. The minimum Gasteiger partial charge on any atom is -0.481 e. The molecule has 1 aromatic heterocycles. The Kier molecular flexibility index (Phi) is 4.79. The number of aliphatic carboxylic acids is 1. The molecule has 2 N–H and O–H groups in total. The molecule has 1 fully saturated rings. The van der Waals surface area contributed by atoms with Crippen LogP contribution in [0.15, 0.2) is 23.2 Å². The van der Waals surface area contributed by atoms with E-state index in [1.807, 2.05) is 0 Å². The molecule has 8 heteroatoms. The Hall–Kier alpha value is -1.67. The zero-order chi connectivity index (χ0) is 15.5. The lowest BCUT2D eigenvalue weighted by molar-refractivity contribution is -0.136. The molecular weight excluding hydrogens is 294 g/mol. The Morgan fingerprint density at radius 3 is 2.71 bits per heavy atom. The lowest BCUT2D eigenvalue weighted by Gasteiger charge is -2.17. The second kappa shape index (κ2) is 6.40. The number of sulfonamides is 1. The van der Waals surface area contributed by atoms with Crippen molar-refractivity contribution >= 4 is 21.8 Å². The number of nitrogens with zero attached hydrogens (tertiary/aromatic N) is 2. The molecule has 1 heterocycles. The normalized spacial score (nSPS) is 14.9. The van der Waals surface area contributed by atoms with E-state index in [0.29, 0.717) is 24.8 Å². The molecule has 116 valence electrons. The van der Waals surface area contributed by atoms with Crippen LogP contribution < -0.4 is 9.62 Å². The van der Waals surface area contributed by atoms with Gasteiger partial charge < -0.3 is 10.0 Å². The number of carbonyl (C=O) groups is 1. The average molecular weight is 313 g/mol. The number of nitrogens with one attached hydrogen (secondary N) is 1. The van der Waals surface area contributed by atoms with E-state index in [4.69, 9.17) is 5.11 Å². The van der Waals surface area contributed by atoms with E-state index in [2.05, 4.69) is 9.71 Å². The molecule has 0 bridgehead atoms. The number of anilines is 1. The van der Waals surface area contributed by atoms with Gasteiger partial charge in [0.2, 0.25) is 10.0 Å². The van der Waals surface area contributed by atoms with E-state index < -0.39 is 16.0 Å². The summed E-state index contributed by atoms with van der Waals surface area (Å²) >= 11 is 0. The van der Waals surface area contributed by atoms with Crippen molar-refractivity contribution in [2.24, 2.45) is 5.92 Å². The molecule has 21 heavy (non-hydrogen) atoms. The van der Waals surface area contributed by atoms with E-state index in [1.54, 1.807) is 18.0 Å². The molecule has 7 nitrogen and oxygen atoms in total. The first-order valence-corrected chi connectivity index (χ1v) is 8.25. The van der Waals surface area contributed by atoms with Gasteiger partial charge in [0, 0.05) is 26.3 Å². The zero-order valence-corrected chi connectivity index (χ0v) is 12.6. The first kappa shape index (κ1) is 15.7. The summed E-state index contributed by atoms with van der Waals surface area (Å²) in [4.78, 5) is 16.4.